The van der Waals surface area contributed by atoms with Gasteiger partial charge >= 0.3 is 5.97 Å². The van der Waals surface area contributed by atoms with Crippen LogP contribution < -0.4 is 0 Å². The third-order valence-electron chi connectivity index (χ3n) is 3.65. The van der Waals surface area contributed by atoms with Gasteiger partial charge in [-0.15, -0.1) is 0 Å². The molecule has 2 atom stereocenters. The molecule has 110 valence electrons. The maximum absolute atomic E-state index is 12.2. The molecule has 5 heteroatoms. The van der Waals surface area contributed by atoms with Gasteiger partial charge in [0, 0.05) is 10.7 Å². The average molecular weight is 361 g/mol. The lowest BCUT2D eigenvalue weighted by atomic mass is 9.71. The molecule has 0 bridgehead atoms. The minimum atomic E-state index is -0.390. The topological polar surface area (TPSA) is 39.2 Å². The van der Waals surface area contributed by atoms with Crippen LogP contribution in [0.2, 0.25) is 5.15 Å². The summed E-state index contributed by atoms with van der Waals surface area (Å²) >= 11 is 9.25. The summed E-state index contributed by atoms with van der Waals surface area (Å²) in [6, 6.07) is 1.65. The maximum atomic E-state index is 12.2. The molecular weight excluding hydrogens is 342 g/mol. The number of halogens is 2. The van der Waals surface area contributed by atoms with Gasteiger partial charge in [-0.25, -0.2) is 9.78 Å². The maximum Gasteiger partial charge on any atom is 0.341 e. The molecule has 0 radical (unpaired) electrons. The molecule has 2 unspecified atom stereocenters. The van der Waals surface area contributed by atoms with E-state index in [0.29, 0.717) is 16.0 Å². The first kappa shape index (κ1) is 15.8. The Labute approximate surface area is 133 Å². The monoisotopic (exact) mass is 359 g/mol. The van der Waals surface area contributed by atoms with Gasteiger partial charge in [0.15, 0.2) is 0 Å². The van der Waals surface area contributed by atoms with E-state index in [1.165, 1.54) is 6.42 Å². The molecule has 1 fully saturated rings. The van der Waals surface area contributed by atoms with Gasteiger partial charge in [0.2, 0.25) is 0 Å². The predicted octanol–water partition coefficient (Wildman–Crippen LogP) is 4.87. The van der Waals surface area contributed by atoms with Crippen molar-refractivity contribution >= 4 is 33.5 Å². The predicted molar refractivity (Wildman–Crippen MR) is 82.9 cm³/mol. The van der Waals surface area contributed by atoms with E-state index in [1.807, 2.05) is 0 Å². The summed E-state index contributed by atoms with van der Waals surface area (Å²) in [5.41, 5.74) is 0.527. The van der Waals surface area contributed by atoms with Crippen LogP contribution in [0.4, 0.5) is 0 Å². The summed E-state index contributed by atoms with van der Waals surface area (Å²) in [5.74, 6) is 0.173. The molecule has 0 amide bonds. The van der Waals surface area contributed by atoms with E-state index in [1.54, 1.807) is 12.3 Å². The SMILES string of the molecule is CC1CC(OC(=O)c2cc(Br)cnc2Cl)CC(C)(C)C1. The Morgan fingerprint density at radius 1 is 1.50 bits per heavy atom. The Balaban J connectivity index is 2.09. The van der Waals surface area contributed by atoms with Gasteiger partial charge < -0.3 is 4.74 Å². The number of pyridine rings is 1. The van der Waals surface area contributed by atoms with Gasteiger partial charge in [0.05, 0.1) is 5.56 Å². The third-order valence-corrected chi connectivity index (χ3v) is 4.38. The number of nitrogens with zero attached hydrogens (tertiary/aromatic N) is 1. The number of ether oxygens (including phenoxy) is 1. The first-order valence-corrected chi connectivity index (χ1v) is 7.96. The van der Waals surface area contributed by atoms with Crippen LogP contribution in [0.15, 0.2) is 16.7 Å². The number of hydrogen-bond donors (Lipinski definition) is 0. The van der Waals surface area contributed by atoms with E-state index in [-0.39, 0.29) is 16.7 Å². The van der Waals surface area contributed by atoms with Crippen LogP contribution >= 0.6 is 27.5 Å². The lowest BCUT2D eigenvalue weighted by Crippen LogP contribution is -2.34. The van der Waals surface area contributed by atoms with E-state index in [2.05, 4.69) is 41.7 Å². The van der Waals surface area contributed by atoms with E-state index in [9.17, 15) is 4.79 Å². The average Bonchev–Trinajstić information content (AvgIpc) is 2.29. The summed E-state index contributed by atoms with van der Waals surface area (Å²) in [7, 11) is 0. The molecule has 2 rings (SSSR count). The second-order valence-electron chi connectivity index (χ2n) is 6.43. The van der Waals surface area contributed by atoms with Gasteiger partial charge in [0.1, 0.15) is 11.3 Å². The molecule has 1 saturated carbocycles. The van der Waals surface area contributed by atoms with Crippen molar-refractivity contribution in [2.75, 3.05) is 0 Å². The fraction of sp³-hybridized carbons (Fsp3) is 0.600. The lowest BCUT2D eigenvalue weighted by Gasteiger charge is -2.38. The highest BCUT2D eigenvalue weighted by Crippen LogP contribution is 2.40. The summed E-state index contributed by atoms with van der Waals surface area (Å²) in [5, 5.41) is 0.182. The van der Waals surface area contributed by atoms with E-state index in [0.717, 1.165) is 12.8 Å². The quantitative estimate of drug-likeness (QED) is 0.558. The molecule has 0 aromatic carbocycles. The highest BCUT2D eigenvalue weighted by Gasteiger charge is 2.34. The van der Waals surface area contributed by atoms with Gasteiger partial charge in [-0.2, -0.15) is 0 Å². The summed E-state index contributed by atoms with van der Waals surface area (Å²) in [6.45, 7) is 6.64. The second-order valence-corrected chi connectivity index (χ2v) is 7.71. The van der Waals surface area contributed by atoms with E-state index in [4.69, 9.17) is 16.3 Å². The Kier molecular flexibility index (Phi) is 4.75. The number of hydrogen-bond acceptors (Lipinski definition) is 3. The fourth-order valence-electron chi connectivity index (χ4n) is 3.13. The number of carbonyl (C=O) groups excluding carboxylic acids is 1. The molecule has 0 N–H and O–H groups in total. The van der Waals surface area contributed by atoms with Crippen molar-refractivity contribution in [1.29, 1.82) is 0 Å². The second kappa shape index (κ2) is 6.02. The van der Waals surface area contributed by atoms with E-state index < -0.39 is 5.97 Å². The van der Waals surface area contributed by atoms with Gasteiger partial charge in [-0.3, -0.25) is 0 Å². The number of carbonyl (C=O) groups is 1. The van der Waals surface area contributed by atoms with Gasteiger partial charge in [-0.05, 0) is 52.6 Å². The molecule has 1 aromatic rings. The van der Waals surface area contributed by atoms with Crippen molar-refractivity contribution < 1.29 is 9.53 Å². The molecule has 1 aliphatic carbocycles. The molecule has 20 heavy (non-hydrogen) atoms. The van der Waals surface area contributed by atoms with Crippen molar-refractivity contribution in [3.05, 3.63) is 27.5 Å². The van der Waals surface area contributed by atoms with Crippen molar-refractivity contribution in [2.24, 2.45) is 11.3 Å². The van der Waals surface area contributed by atoms with Crippen molar-refractivity contribution in [3.63, 3.8) is 0 Å². The summed E-state index contributed by atoms with van der Waals surface area (Å²) < 4.78 is 6.35. The Hall–Kier alpha value is -0.610. The molecule has 1 aromatic heterocycles. The Morgan fingerprint density at radius 3 is 2.85 bits per heavy atom. The summed E-state index contributed by atoms with van der Waals surface area (Å²) in [4.78, 5) is 16.2. The molecule has 1 aliphatic rings. The van der Waals surface area contributed by atoms with Crippen molar-refractivity contribution in [3.8, 4) is 0 Å². The standard InChI is InChI=1S/C15H19BrClNO2/c1-9-4-11(7-15(2,3)6-9)20-14(19)12-5-10(16)8-18-13(12)17/h5,8-9,11H,4,6-7H2,1-3H3. The van der Waals surface area contributed by atoms with Gasteiger partial charge in [-0.1, -0.05) is 32.4 Å². The number of esters is 1. The largest absolute Gasteiger partial charge is 0.459 e. The molecule has 0 spiro atoms. The highest BCUT2D eigenvalue weighted by molar-refractivity contribution is 9.10. The zero-order valence-corrected chi connectivity index (χ0v) is 14.3. The lowest BCUT2D eigenvalue weighted by molar-refractivity contribution is -0.00716. The third kappa shape index (κ3) is 3.95. The van der Waals surface area contributed by atoms with Crippen LogP contribution in [0.3, 0.4) is 0 Å². The normalized spacial score (nSPS) is 25.2. The van der Waals surface area contributed by atoms with Crippen LogP contribution in [0.1, 0.15) is 50.4 Å². The molecule has 0 aliphatic heterocycles. The Morgan fingerprint density at radius 2 is 2.20 bits per heavy atom. The molecule has 1 heterocycles. The first-order valence-electron chi connectivity index (χ1n) is 6.79. The van der Waals surface area contributed by atoms with E-state index >= 15 is 0 Å². The minimum absolute atomic E-state index is 0.0451. The zero-order chi connectivity index (χ0) is 14.9. The van der Waals surface area contributed by atoms with Crippen LogP contribution in [-0.4, -0.2) is 17.1 Å². The van der Waals surface area contributed by atoms with Crippen molar-refractivity contribution in [1.82, 2.24) is 4.98 Å². The van der Waals surface area contributed by atoms with Crippen LogP contribution in [0.25, 0.3) is 0 Å². The number of aromatic nitrogens is 1. The van der Waals surface area contributed by atoms with Crippen molar-refractivity contribution in [2.45, 2.75) is 46.1 Å². The van der Waals surface area contributed by atoms with Gasteiger partial charge in [0.25, 0.3) is 0 Å². The molecule has 0 saturated heterocycles. The molecule has 3 nitrogen and oxygen atoms in total. The first-order chi connectivity index (χ1) is 9.27. The zero-order valence-electron chi connectivity index (χ0n) is 12.0. The highest BCUT2D eigenvalue weighted by atomic mass is 79.9. The minimum Gasteiger partial charge on any atom is -0.459 e. The van der Waals surface area contributed by atoms with Crippen LogP contribution in [0.5, 0.6) is 0 Å². The Bertz CT molecular complexity index is 519. The smallest absolute Gasteiger partial charge is 0.341 e. The van der Waals surface area contributed by atoms with Crippen LogP contribution in [0, 0.1) is 11.3 Å². The van der Waals surface area contributed by atoms with Crippen LogP contribution in [-0.2, 0) is 4.74 Å². The fourth-order valence-corrected chi connectivity index (χ4v) is 3.64. The summed E-state index contributed by atoms with van der Waals surface area (Å²) in [6.07, 6.45) is 4.48. The number of rotatable bonds is 2. The molecular formula is C15H19BrClNO2.